The van der Waals surface area contributed by atoms with Crippen molar-refractivity contribution in [1.82, 2.24) is 10.6 Å². The summed E-state index contributed by atoms with van der Waals surface area (Å²) in [5.74, 6) is 0. The molecule has 58 valence electrons. The van der Waals surface area contributed by atoms with E-state index in [1.807, 2.05) is 0 Å². The average molecular weight is 144 g/mol. The van der Waals surface area contributed by atoms with Crippen molar-refractivity contribution in [2.45, 2.75) is 12.1 Å². The van der Waals surface area contributed by atoms with Crippen LogP contribution in [0.3, 0.4) is 0 Å². The fourth-order valence-electron chi connectivity index (χ4n) is 1.34. The van der Waals surface area contributed by atoms with Crippen molar-refractivity contribution in [2.24, 2.45) is 0 Å². The van der Waals surface area contributed by atoms with Gasteiger partial charge in [-0.15, -0.1) is 0 Å². The van der Waals surface area contributed by atoms with E-state index in [9.17, 15) is 0 Å². The number of fused-ring (bicyclic) bond motifs is 1. The Labute approximate surface area is 59.9 Å². The van der Waals surface area contributed by atoms with Crippen LogP contribution in [0.4, 0.5) is 0 Å². The van der Waals surface area contributed by atoms with Gasteiger partial charge in [0.25, 0.3) is 0 Å². The summed E-state index contributed by atoms with van der Waals surface area (Å²) in [7, 11) is 0. The van der Waals surface area contributed by atoms with Crippen molar-refractivity contribution in [2.75, 3.05) is 26.7 Å². The minimum atomic E-state index is 0.447. The molecule has 0 spiro atoms. The molecule has 0 amide bonds. The molecule has 0 aliphatic carbocycles. The van der Waals surface area contributed by atoms with Gasteiger partial charge in [-0.3, -0.25) is 10.6 Å². The maximum absolute atomic E-state index is 5.21. The second-order valence-electron chi connectivity index (χ2n) is 2.65. The normalized spacial score (nSPS) is 40.8. The smallest absolute Gasteiger partial charge is 0.0969 e. The van der Waals surface area contributed by atoms with E-state index in [4.69, 9.17) is 9.47 Å². The van der Waals surface area contributed by atoms with Gasteiger partial charge in [0.1, 0.15) is 0 Å². The lowest BCUT2D eigenvalue weighted by atomic mass is 10.1. The third kappa shape index (κ3) is 1.15. The molecule has 0 aromatic heterocycles. The molecule has 4 nitrogen and oxygen atoms in total. The molecule has 0 aromatic rings. The standard InChI is InChI=1S/C6H12N2O2/c1-5-6(8-3-9-1)2-10-4-7-5/h5-8H,1-4H2. The molecule has 0 aromatic carbocycles. The Balaban J connectivity index is 1.93. The van der Waals surface area contributed by atoms with Crippen molar-refractivity contribution in [3.63, 3.8) is 0 Å². The van der Waals surface area contributed by atoms with Crippen molar-refractivity contribution in [1.29, 1.82) is 0 Å². The van der Waals surface area contributed by atoms with Crippen LogP contribution in [0.2, 0.25) is 0 Å². The van der Waals surface area contributed by atoms with E-state index in [1.54, 1.807) is 0 Å². The Hall–Kier alpha value is -0.160. The summed E-state index contributed by atoms with van der Waals surface area (Å²) in [6.07, 6.45) is 0. The van der Waals surface area contributed by atoms with Crippen molar-refractivity contribution >= 4 is 0 Å². The summed E-state index contributed by atoms with van der Waals surface area (Å²) in [5, 5.41) is 6.42. The topological polar surface area (TPSA) is 42.5 Å². The first kappa shape index (κ1) is 6.54. The monoisotopic (exact) mass is 144 g/mol. The molecule has 2 aliphatic heterocycles. The molecule has 2 rings (SSSR count). The first-order valence-electron chi connectivity index (χ1n) is 3.59. The van der Waals surface area contributed by atoms with Crippen LogP contribution in [0.15, 0.2) is 0 Å². The Morgan fingerprint density at radius 1 is 0.900 bits per heavy atom. The van der Waals surface area contributed by atoms with Gasteiger partial charge in [-0.25, -0.2) is 0 Å². The van der Waals surface area contributed by atoms with Gasteiger partial charge in [0.15, 0.2) is 0 Å². The molecule has 0 saturated carbocycles. The van der Waals surface area contributed by atoms with E-state index in [0.29, 0.717) is 25.5 Å². The molecule has 10 heavy (non-hydrogen) atoms. The lowest BCUT2D eigenvalue weighted by molar-refractivity contribution is -0.0423. The zero-order valence-corrected chi connectivity index (χ0v) is 5.80. The summed E-state index contributed by atoms with van der Waals surface area (Å²) in [5.41, 5.74) is 0. The second-order valence-corrected chi connectivity index (χ2v) is 2.65. The number of hydrogen-bond acceptors (Lipinski definition) is 4. The summed E-state index contributed by atoms with van der Waals surface area (Å²) in [4.78, 5) is 0. The van der Waals surface area contributed by atoms with E-state index >= 15 is 0 Å². The predicted molar refractivity (Wildman–Crippen MR) is 35.5 cm³/mol. The Kier molecular flexibility index (Phi) is 1.86. The molecule has 0 radical (unpaired) electrons. The first-order valence-corrected chi connectivity index (χ1v) is 3.59. The van der Waals surface area contributed by atoms with Gasteiger partial charge in [-0.05, 0) is 0 Å². The molecule has 2 atom stereocenters. The highest BCUT2D eigenvalue weighted by molar-refractivity contribution is 4.85. The van der Waals surface area contributed by atoms with Crippen LogP contribution in [0.5, 0.6) is 0 Å². The largest absolute Gasteiger partial charge is 0.365 e. The predicted octanol–water partition coefficient (Wildman–Crippen LogP) is -1.12. The Bertz CT molecular complexity index is 94.3. The lowest BCUT2D eigenvalue weighted by Gasteiger charge is -2.36. The highest BCUT2D eigenvalue weighted by Crippen LogP contribution is 2.04. The van der Waals surface area contributed by atoms with E-state index < -0.39 is 0 Å². The Morgan fingerprint density at radius 2 is 1.40 bits per heavy atom. The van der Waals surface area contributed by atoms with E-state index in [2.05, 4.69) is 10.6 Å². The van der Waals surface area contributed by atoms with Crippen LogP contribution in [0.1, 0.15) is 0 Å². The molecule has 2 N–H and O–H groups in total. The number of nitrogens with one attached hydrogen (secondary N) is 2. The zero-order valence-electron chi connectivity index (χ0n) is 5.80. The highest BCUT2D eigenvalue weighted by atomic mass is 16.5. The van der Waals surface area contributed by atoms with E-state index in [-0.39, 0.29) is 0 Å². The van der Waals surface area contributed by atoms with Gasteiger partial charge in [-0.2, -0.15) is 0 Å². The summed E-state index contributed by atoms with van der Waals surface area (Å²) in [6, 6.07) is 0.894. The van der Waals surface area contributed by atoms with Gasteiger partial charge < -0.3 is 9.47 Å². The minimum absolute atomic E-state index is 0.447. The van der Waals surface area contributed by atoms with E-state index in [0.717, 1.165) is 13.2 Å². The van der Waals surface area contributed by atoms with Crippen LogP contribution in [0.25, 0.3) is 0 Å². The summed E-state index contributed by atoms with van der Waals surface area (Å²) >= 11 is 0. The molecule has 2 aliphatic rings. The van der Waals surface area contributed by atoms with Crippen molar-refractivity contribution in [3.8, 4) is 0 Å². The van der Waals surface area contributed by atoms with Gasteiger partial charge >= 0.3 is 0 Å². The first-order chi connectivity index (χ1) is 4.97. The lowest BCUT2D eigenvalue weighted by Crippen LogP contribution is -2.60. The van der Waals surface area contributed by atoms with Crippen LogP contribution >= 0.6 is 0 Å². The Morgan fingerprint density at radius 3 is 1.90 bits per heavy atom. The number of hydrogen-bond donors (Lipinski definition) is 2. The molecule has 0 bridgehead atoms. The maximum Gasteiger partial charge on any atom is 0.0969 e. The molecule has 2 heterocycles. The molecule has 2 saturated heterocycles. The van der Waals surface area contributed by atoms with Crippen LogP contribution in [0, 0.1) is 0 Å². The quantitative estimate of drug-likeness (QED) is 0.452. The molecule has 2 fully saturated rings. The third-order valence-electron chi connectivity index (χ3n) is 1.98. The average Bonchev–Trinajstić information content (AvgIpc) is 2.05. The SMILES string of the molecule is C1NC2COCNC2CO1. The van der Waals surface area contributed by atoms with Gasteiger partial charge in [-0.1, -0.05) is 0 Å². The highest BCUT2D eigenvalue weighted by Gasteiger charge is 2.27. The minimum Gasteiger partial charge on any atom is -0.365 e. The molecule has 2 unspecified atom stereocenters. The van der Waals surface area contributed by atoms with Crippen LogP contribution in [-0.2, 0) is 9.47 Å². The fraction of sp³-hybridized carbons (Fsp3) is 1.00. The van der Waals surface area contributed by atoms with Crippen LogP contribution in [-0.4, -0.2) is 38.8 Å². The zero-order chi connectivity index (χ0) is 6.81. The second kappa shape index (κ2) is 2.84. The van der Waals surface area contributed by atoms with Gasteiger partial charge in [0, 0.05) is 12.1 Å². The third-order valence-corrected chi connectivity index (χ3v) is 1.98. The molecular weight excluding hydrogens is 132 g/mol. The van der Waals surface area contributed by atoms with Crippen molar-refractivity contribution < 1.29 is 9.47 Å². The summed E-state index contributed by atoms with van der Waals surface area (Å²) in [6.45, 7) is 2.93. The maximum atomic E-state index is 5.21. The molecular formula is C6H12N2O2. The van der Waals surface area contributed by atoms with Crippen LogP contribution < -0.4 is 10.6 Å². The van der Waals surface area contributed by atoms with Gasteiger partial charge in [0.2, 0.25) is 0 Å². The summed E-state index contributed by atoms with van der Waals surface area (Å²) < 4.78 is 10.4. The fourth-order valence-corrected chi connectivity index (χ4v) is 1.34. The number of rotatable bonds is 0. The number of ether oxygens (including phenoxy) is 2. The van der Waals surface area contributed by atoms with Gasteiger partial charge in [0.05, 0.1) is 26.7 Å². The van der Waals surface area contributed by atoms with Crippen molar-refractivity contribution in [3.05, 3.63) is 0 Å². The molecule has 4 heteroatoms. The van der Waals surface area contributed by atoms with E-state index in [1.165, 1.54) is 0 Å².